The number of nitrogens with zero attached hydrogens (tertiary/aromatic N) is 3. The Bertz CT molecular complexity index is 632. The molecule has 0 fully saturated rings. The van der Waals surface area contributed by atoms with Crippen LogP contribution in [0.3, 0.4) is 0 Å². The molecule has 2 N–H and O–H groups in total. The molecule has 0 saturated heterocycles. The Morgan fingerprint density at radius 3 is 2.80 bits per heavy atom. The largest absolute Gasteiger partial charge is 0.309 e. The number of aromatic amines is 1. The molecule has 1 amide bonds. The molecule has 1 aliphatic heterocycles. The summed E-state index contributed by atoms with van der Waals surface area (Å²) in [6.45, 7) is 4.06. The van der Waals surface area contributed by atoms with Crippen molar-refractivity contribution >= 4 is 11.7 Å². The Labute approximate surface area is 117 Å². The third kappa shape index (κ3) is 2.17. The fourth-order valence-corrected chi connectivity index (χ4v) is 2.61. The van der Waals surface area contributed by atoms with Gasteiger partial charge in [-0.1, -0.05) is 6.92 Å². The van der Waals surface area contributed by atoms with Crippen LogP contribution in [0.25, 0.3) is 0 Å². The molecule has 1 unspecified atom stereocenters. The SMILES string of the molecule is CCCc1ncc(C2CC(=O)Nc3n[nH]c(C)c32)cn1. The number of carbonyl (C=O) groups is 1. The number of amides is 1. The first-order chi connectivity index (χ1) is 9.69. The molecule has 2 aromatic rings. The summed E-state index contributed by atoms with van der Waals surface area (Å²) in [6.07, 6.45) is 5.97. The summed E-state index contributed by atoms with van der Waals surface area (Å²) in [5.74, 6) is 1.43. The number of fused-ring (bicyclic) bond motifs is 1. The zero-order valence-corrected chi connectivity index (χ0v) is 11.6. The van der Waals surface area contributed by atoms with Gasteiger partial charge in [-0.3, -0.25) is 9.89 Å². The molecule has 6 heteroatoms. The minimum atomic E-state index is -0.0216. The molecule has 0 aliphatic carbocycles. The number of anilines is 1. The summed E-state index contributed by atoms with van der Waals surface area (Å²) in [4.78, 5) is 20.5. The first kappa shape index (κ1) is 12.8. The summed E-state index contributed by atoms with van der Waals surface area (Å²) in [5.41, 5.74) is 2.98. The van der Waals surface area contributed by atoms with Gasteiger partial charge in [0.1, 0.15) is 5.82 Å². The van der Waals surface area contributed by atoms with E-state index in [0.29, 0.717) is 12.2 Å². The van der Waals surface area contributed by atoms with E-state index in [0.717, 1.165) is 35.5 Å². The summed E-state index contributed by atoms with van der Waals surface area (Å²) in [7, 11) is 0. The van der Waals surface area contributed by atoms with Crippen molar-refractivity contribution in [1.82, 2.24) is 20.2 Å². The van der Waals surface area contributed by atoms with E-state index < -0.39 is 0 Å². The van der Waals surface area contributed by atoms with E-state index in [1.54, 1.807) is 0 Å². The summed E-state index contributed by atoms with van der Waals surface area (Å²) in [5, 5.41) is 9.85. The molecule has 0 bridgehead atoms. The van der Waals surface area contributed by atoms with E-state index in [1.807, 2.05) is 19.3 Å². The van der Waals surface area contributed by atoms with Crippen molar-refractivity contribution in [2.75, 3.05) is 5.32 Å². The monoisotopic (exact) mass is 271 g/mol. The number of nitrogens with one attached hydrogen (secondary N) is 2. The lowest BCUT2D eigenvalue weighted by Crippen LogP contribution is -2.23. The highest BCUT2D eigenvalue weighted by Gasteiger charge is 2.30. The van der Waals surface area contributed by atoms with Crippen molar-refractivity contribution < 1.29 is 4.79 Å². The van der Waals surface area contributed by atoms with Gasteiger partial charge in [0.2, 0.25) is 5.91 Å². The van der Waals surface area contributed by atoms with Gasteiger partial charge in [0, 0.05) is 42.4 Å². The predicted octanol–water partition coefficient (Wildman–Crippen LogP) is 1.93. The van der Waals surface area contributed by atoms with Crippen molar-refractivity contribution in [3.8, 4) is 0 Å². The van der Waals surface area contributed by atoms with Crippen LogP contribution in [0.1, 0.15) is 48.3 Å². The molecule has 2 aromatic heterocycles. The van der Waals surface area contributed by atoms with E-state index >= 15 is 0 Å². The van der Waals surface area contributed by atoms with Crippen LogP contribution in [0.15, 0.2) is 12.4 Å². The predicted molar refractivity (Wildman–Crippen MR) is 74.4 cm³/mol. The van der Waals surface area contributed by atoms with Crippen molar-refractivity contribution in [2.24, 2.45) is 0 Å². The lowest BCUT2D eigenvalue weighted by molar-refractivity contribution is -0.116. The zero-order chi connectivity index (χ0) is 14.1. The fourth-order valence-electron chi connectivity index (χ4n) is 2.61. The lowest BCUT2D eigenvalue weighted by atomic mass is 9.87. The van der Waals surface area contributed by atoms with E-state index in [-0.39, 0.29) is 11.8 Å². The van der Waals surface area contributed by atoms with Crippen molar-refractivity contribution in [3.63, 3.8) is 0 Å². The second-order valence-corrected chi connectivity index (χ2v) is 5.10. The molecule has 1 atom stereocenters. The highest BCUT2D eigenvalue weighted by molar-refractivity contribution is 5.94. The topological polar surface area (TPSA) is 83.6 Å². The van der Waals surface area contributed by atoms with Gasteiger partial charge in [-0.25, -0.2) is 9.97 Å². The molecule has 20 heavy (non-hydrogen) atoms. The van der Waals surface area contributed by atoms with E-state index in [1.165, 1.54) is 0 Å². The standard InChI is InChI=1S/C14H17N5O/c1-3-4-11-15-6-9(7-16-11)10-5-12(20)17-14-13(10)8(2)18-19-14/h6-7,10H,3-5H2,1-2H3,(H2,17,18,19,20). The third-order valence-electron chi connectivity index (χ3n) is 3.59. The number of carbonyl (C=O) groups excluding carboxylic acids is 1. The Kier molecular flexibility index (Phi) is 3.22. The molecular formula is C14H17N5O. The van der Waals surface area contributed by atoms with Gasteiger partial charge in [-0.05, 0) is 18.9 Å². The third-order valence-corrected chi connectivity index (χ3v) is 3.59. The van der Waals surface area contributed by atoms with E-state index in [2.05, 4.69) is 32.4 Å². The molecule has 3 rings (SSSR count). The first-order valence-corrected chi connectivity index (χ1v) is 6.84. The molecular weight excluding hydrogens is 254 g/mol. The number of hydrogen-bond donors (Lipinski definition) is 2. The van der Waals surface area contributed by atoms with Crippen LogP contribution < -0.4 is 5.32 Å². The Morgan fingerprint density at radius 2 is 2.10 bits per heavy atom. The minimum Gasteiger partial charge on any atom is -0.309 e. The van der Waals surface area contributed by atoms with Crippen molar-refractivity contribution in [2.45, 2.75) is 39.0 Å². The van der Waals surface area contributed by atoms with E-state index in [9.17, 15) is 4.79 Å². The van der Waals surface area contributed by atoms with Gasteiger partial charge in [0.25, 0.3) is 0 Å². The maximum Gasteiger partial charge on any atom is 0.226 e. The van der Waals surface area contributed by atoms with Gasteiger partial charge >= 0.3 is 0 Å². The normalized spacial score (nSPS) is 17.7. The van der Waals surface area contributed by atoms with Crippen LogP contribution in [-0.4, -0.2) is 26.1 Å². The van der Waals surface area contributed by atoms with Crippen LogP contribution >= 0.6 is 0 Å². The zero-order valence-electron chi connectivity index (χ0n) is 11.6. The average Bonchev–Trinajstić information content (AvgIpc) is 2.81. The smallest absolute Gasteiger partial charge is 0.226 e. The van der Waals surface area contributed by atoms with Crippen LogP contribution in [-0.2, 0) is 11.2 Å². The number of hydrogen-bond acceptors (Lipinski definition) is 4. The van der Waals surface area contributed by atoms with Crippen LogP contribution in [0.5, 0.6) is 0 Å². The molecule has 104 valence electrons. The maximum absolute atomic E-state index is 11.8. The molecule has 0 spiro atoms. The molecule has 6 nitrogen and oxygen atoms in total. The summed E-state index contributed by atoms with van der Waals surface area (Å²) >= 11 is 0. The van der Waals surface area contributed by atoms with Crippen LogP contribution in [0.2, 0.25) is 0 Å². The Hall–Kier alpha value is -2.24. The van der Waals surface area contributed by atoms with Gasteiger partial charge in [-0.15, -0.1) is 0 Å². The average molecular weight is 271 g/mol. The molecule has 0 radical (unpaired) electrons. The Morgan fingerprint density at radius 1 is 1.35 bits per heavy atom. The Balaban J connectivity index is 1.97. The quantitative estimate of drug-likeness (QED) is 0.893. The highest BCUT2D eigenvalue weighted by Crippen LogP contribution is 2.37. The lowest BCUT2D eigenvalue weighted by Gasteiger charge is -2.22. The number of aryl methyl sites for hydroxylation is 2. The van der Waals surface area contributed by atoms with E-state index in [4.69, 9.17) is 0 Å². The fraction of sp³-hybridized carbons (Fsp3) is 0.429. The first-order valence-electron chi connectivity index (χ1n) is 6.84. The van der Waals surface area contributed by atoms with Gasteiger partial charge in [-0.2, -0.15) is 5.10 Å². The van der Waals surface area contributed by atoms with Crippen molar-refractivity contribution in [3.05, 3.63) is 35.0 Å². The van der Waals surface area contributed by atoms with Gasteiger partial charge in [0.15, 0.2) is 5.82 Å². The van der Waals surface area contributed by atoms with Crippen molar-refractivity contribution in [1.29, 1.82) is 0 Å². The highest BCUT2D eigenvalue weighted by atomic mass is 16.1. The molecule has 1 aliphatic rings. The molecule has 0 aromatic carbocycles. The summed E-state index contributed by atoms with van der Waals surface area (Å²) < 4.78 is 0. The summed E-state index contributed by atoms with van der Waals surface area (Å²) in [6, 6.07) is 0. The second kappa shape index (κ2) is 5.03. The number of aromatic nitrogens is 4. The molecule has 0 saturated carbocycles. The number of rotatable bonds is 3. The van der Waals surface area contributed by atoms with Crippen LogP contribution in [0.4, 0.5) is 5.82 Å². The maximum atomic E-state index is 11.8. The number of H-pyrrole nitrogens is 1. The second-order valence-electron chi connectivity index (χ2n) is 5.10. The van der Waals surface area contributed by atoms with Gasteiger partial charge < -0.3 is 5.32 Å². The minimum absolute atomic E-state index is 0.0202. The van der Waals surface area contributed by atoms with Crippen LogP contribution in [0, 0.1) is 6.92 Å². The molecule has 3 heterocycles. The van der Waals surface area contributed by atoms with Gasteiger partial charge in [0.05, 0.1) is 0 Å².